The fourth-order valence-electron chi connectivity index (χ4n) is 11.4. The number of nitrogens with zero attached hydrogens (tertiary/aromatic N) is 2. The molecule has 2 aliphatic heterocycles. The lowest BCUT2D eigenvalue weighted by molar-refractivity contribution is 0.569. The largest absolute Gasteiger partial charge is 0.375 e. The maximum absolute atomic E-state index is 2.75. The number of rotatable bonds is 3. The van der Waals surface area contributed by atoms with Crippen LogP contribution >= 0.6 is 0 Å². The minimum absolute atomic E-state index is 0.00630. The number of aromatic nitrogens is 2. The highest BCUT2D eigenvalue weighted by atomic mass is 15.0. The minimum atomic E-state index is -0.0612. The monoisotopic (exact) mass is 868 g/mol. The van der Waals surface area contributed by atoms with E-state index in [1.165, 1.54) is 127 Å². The summed E-state index contributed by atoms with van der Waals surface area (Å²) < 4.78 is 5.41. The molecule has 0 atom stereocenters. The van der Waals surface area contributed by atoms with Gasteiger partial charge in [-0.05, 0) is 148 Å². The van der Waals surface area contributed by atoms with Crippen LogP contribution < -0.4 is 10.9 Å². The second-order valence-corrected chi connectivity index (χ2v) is 23.9. The van der Waals surface area contributed by atoms with Crippen molar-refractivity contribution >= 4 is 61.4 Å². The van der Waals surface area contributed by atoms with Gasteiger partial charge in [-0.25, -0.2) is 0 Å². The molecule has 0 saturated carbocycles. The highest BCUT2D eigenvalue weighted by Gasteiger charge is 2.43. The van der Waals surface area contributed by atoms with Crippen molar-refractivity contribution in [3.05, 3.63) is 174 Å². The quantitative estimate of drug-likeness (QED) is 0.157. The maximum Gasteiger partial charge on any atom is 0.333 e. The van der Waals surface area contributed by atoms with Gasteiger partial charge in [-0.1, -0.05) is 180 Å². The molecular weight excluding hydrogens is 808 g/mol. The number of hydrogen-bond acceptors (Lipinski definition) is 0. The molecule has 0 aliphatic carbocycles. The van der Waals surface area contributed by atoms with Crippen molar-refractivity contribution in [1.29, 1.82) is 0 Å². The molecule has 8 aromatic carbocycles. The molecular formula is C64H61BN2. The first-order valence-corrected chi connectivity index (χ1v) is 24.4. The van der Waals surface area contributed by atoms with E-state index < -0.39 is 0 Å². The van der Waals surface area contributed by atoms with Gasteiger partial charge in [0.15, 0.2) is 0 Å². The van der Waals surface area contributed by atoms with Gasteiger partial charge >= 0.3 is 6.85 Å². The molecule has 2 aliphatic rings. The molecule has 0 amide bonds. The summed E-state index contributed by atoms with van der Waals surface area (Å²) in [5.74, 6) is 0. The summed E-state index contributed by atoms with van der Waals surface area (Å²) in [5, 5.41) is 5.26. The molecule has 0 saturated heterocycles. The Morgan fingerprint density at radius 2 is 0.851 bits per heavy atom. The van der Waals surface area contributed by atoms with E-state index in [-0.39, 0.29) is 28.5 Å². The Morgan fingerprint density at radius 1 is 0.343 bits per heavy atom. The molecule has 3 heteroatoms. The molecule has 4 heterocycles. The molecule has 0 spiro atoms. The minimum Gasteiger partial charge on any atom is -0.375 e. The fourth-order valence-corrected chi connectivity index (χ4v) is 11.4. The van der Waals surface area contributed by atoms with Gasteiger partial charge < -0.3 is 9.05 Å². The summed E-state index contributed by atoms with van der Waals surface area (Å²) in [7, 11) is 0. The van der Waals surface area contributed by atoms with E-state index >= 15 is 0 Å². The summed E-state index contributed by atoms with van der Waals surface area (Å²) in [6.07, 6.45) is 0. The first-order chi connectivity index (χ1) is 31.7. The number of hydrogen-bond donors (Lipinski definition) is 0. The molecule has 2 aromatic heterocycles. The van der Waals surface area contributed by atoms with Crippen LogP contribution in [0, 0.1) is 0 Å². The lowest BCUT2D eigenvalue weighted by Gasteiger charge is -2.35. The third-order valence-electron chi connectivity index (χ3n) is 15.2. The lowest BCUT2D eigenvalue weighted by Crippen LogP contribution is -2.55. The summed E-state index contributed by atoms with van der Waals surface area (Å²) in [6.45, 7) is 28.2. The van der Waals surface area contributed by atoms with E-state index in [9.17, 15) is 0 Å². The van der Waals surface area contributed by atoms with E-state index in [0.717, 1.165) is 0 Å². The first kappa shape index (κ1) is 41.8. The van der Waals surface area contributed by atoms with Crippen molar-refractivity contribution < 1.29 is 0 Å². The number of fused-ring (bicyclic) bond motifs is 10. The normalized spacial score (nSPS) is 13.6. The lowest BCUT2D eigenvalue weighted by atomic mass is 9.45. The number of benzene rings is 8. The van der Waals surface area contributed by atoms with Crippen molar-refractivity contribution in [2.75, 3.05) is 0 Å². The standard InChI is InChI=1S/C64H61BN2/c1-61(2,3)44-24-26-56-49(35-44)52-36-47(64(10,11)12)37-53-50-30-43(41-27-45(62(4,5)6)34-46(28-41)63(7,8)9)33-57-58(50)65(67(56)59(52)53)54-32-42(39-21-17-14-18-22-39)31-51-48-29-40(38-19-15-13-16-20-38)23-25-55(48)66(57)60(51)54/h13-37H,1-12H3. The topological polar surface area (TPSA) is 9.86 Å². The van der Waals surface area contributed by atoms with E-state index in [2.05, 4.69) is 244 Å². The van der Waals surface area contributed by atoms with Crippen LogP contribution in [0.3, 0.4) is 0 Å². The summed E-state index contributed by atoms with van der Waals surface area (Å²) in [4.78, 5) is 0. The molecule has 10 aromatic rings. The van der Waals surface area contributed by atoms with Crippen LogP contribution in [0.15, 0.2) is 152 Å². The van der Waals surface area contributed by atoms with Gasteiger partial charge in [0.2, 0.25) is 0 Å². The van der Waals surface area contributed by atoms with Crippen molar-refractivity contribution in [2.24, 2.45) is 0 Å². The van der Waals surface area contributed by atoms with Crippen LogP contribution in [-0.4, -0.2) is 15.9 Å². The molecule has 0 fully saturated rings. The average Bonchev–Trinajstić information content (AvgIpc) is 3.80. The van der Waals surface area contributed by atoms with Crippen LogP contribution in [0.1, 0.15) is 105 Å². The average molecular weight is 869 g/mol. The third kappa shape index (κ3) is 6.37. The molecule has 330 valence electrons. The van der Waals surface area contributed by atoms with Crippen LogP contribution in [0.4, 0.5) is 0 Å². The Kier molecular flexibility index (Phi) is 8.73. The zero-order valence-corrected chi connectivity index (χ0v) is 41.4. The zero-order valence-electron chi connectivity index (χ0n) is 41.4. The Bertz CT molecular complexity index is 3670. The van der Waals surface area contributed by atoms with Gasteiger partial charge in [0.1, 0.15) is 0 Å². The molecule has 12 rings (SSSR count). The molecule has 0 bridgehead atoms. The third-order valence-corrected chi connectivity index (χ3v) is 15.2. The molecule has 0 radical (unpaired) electrons. The fraction of sp³-hybridized carbons (Fsp3) is 0.250. The van der Waals surface area contributed by atoms with Gasteiger partial charge in [-0.2, -0.15) is 0 Å². The zero-order chi connectivity index (χ0) is 46.7. The second-order valence-electron chi connectivity index (χ2n) is 23.9. The predicted octanol–water partition coefficient (Wildman–Crippen LogP) is 16.0. The smallest absolute Gasteiger partial charge is 0.333 e. The van der Waals surface area contributed by atoms with Crippen molar-refractivity contribution in [2.45, 2.75) is 105 Å². The molecule has 0 N–H and O–H groups in total. The van der Waals surface area contributed by atoms with Crippen LogP contribution in [-0.2, 0) is 21.7 Å². The predicted molar refractivity (Wildman–Crippen MR) is 291 cm³/mol. The van der Waals surface area contributed by atoms with E-state index in [4.69, 9.17) is 0 Å². The highest BCUT2D eigenvalue weighted by Crippen LogP contribution is 2.48. The van der Waals surface area contributed by atoms with Gasteiger partial charge in [0.25, 0.3) is 0 Å². The van der Waals surface area contributed by atoms with Gasteiger partial charge in [-0.3, -0.25) is 0 Å². The van der Waals surface area contributed by atoms with Crippen molar-refractivity contribution in [3.63, 3.8) is 0 Å². The summed E-state index contributed by atoms with van der Waals surface area (Å²) >= 11 is 0. The molecule has 67 heavy (non-hydrogen) atoms. The highest BCUT2D eigenvalue weighted by molar-refractivity contribution is 6.90. The van der Waals surface area contributed by atoms with Gasteiger partial charge in [0, 0.05) is 43.8 Å². The second kappa shape index (κ2) is 14.0. The maximum atomic E-state index is 2.75. The Morgan fingerprint density at radius 3 is 1.48 bits per heavy atom. The Balaban J connectivity index is 1.29. The molecule has 0 unspecified atom stereocenters. The summed E-state index contributed by atoms with van der Waals surface area (Å²) in [5.41, 5.74) is 24.7. The molecule has 2 nitrogen and oxygen atoms in total. The first-order valence-electron chi connectivity index (χ1n) is 24.4. The summed E-state index contributed by atoms with van der Waals surface area (Å²) in [6, 6.07) is 59.1. The van der Waals surface area contributed by atoms with Gasteiger partial charge in [-0.15, -0.1) is 0 Å². The van der Waals surface area contributed by atoms with E-state index in [1.54, 1.807) is 0 Å². The van der Waals surface area contributed by atoms with Gasteiger partial charge in [0.05, 0.1) is 11.0 Å². The van der Waals surface area contributed by atoms with Crippen molar-refractivity contribution in [3.8, 4) is 50.2 Å². The SMILES string of the molecule is CC(C)(C)c1cc(-c2cc3c4c(c2)-n2c5ccc(-c6ccccc6)cc5c5cc(-c6ccccc6)cc(c52)B4n2c4ccc(C(C)(C)C)cc4c4cc(C(C)(C)C)cc-3c42)cc(C(C)(C)C)c1. The van der Waals surface area contributed by atoms with Crippen LogP contribution in [0.5, 0.6) is 0 Å². The van der Waals surface area contributed by atoms with E-state index in [1.807, 2.05) is 0 Å². The van der Waals surface area contributed by atoms with Crippen LogP contribution in [0.25, 0.3) is 93.8 Å². The van der Waals surface area contributed by atoms with Crippen LogP contribution in [0.2, 0.25) is 0 Å². The van der Waals surface area contributed by atoms with E-state index in [0.29, 0.717) is 0 Å². The van der Waals surface area contributed by atoms with Crippen molar-refractivity contribution in [1.82, 2.24) is 9.05 Å². The Hall–Kier alpha value is -6.58. The Labute approximate surface area is 397 Å².